The maximum atomic E-state index is 12.6. The minimum atomic E-state index is -0.0528. The van der Waals surface area contributed by atoms with Gasteiger partial charge in [-0.15, -0.1) is 0 Å². The molecule has 1 N–H and O–H groups in total. The fourth-order valence-electron chi connectivity index (χ4n) is 3.02. The van der Waals surface area contributed by atoms with E-state index in [9.17, 15) is 4.79 Å². The van der Waals surface area contributed by atoms with E-state index in [1.807, 2.05) is 0 Å². The van der Waals surface area contributed by atoms with E-state index in [1.165, 1.54) is 12.7 Å². The lowest BCUT2D eigenvalue weighted by Gasteiger charge is -2.13. The lowest BCUT2D eigenvalue weighted by molar-refractivity contribution is -0.118. The Kier molecular flexibility index (Phi) is 4.95. The summed E-state index contributed by atoms with van der Waals surface area (Å²) < 4.78 is 10.5. The first-order valence-electron chi connectivity index (χ1n) is 7.59. The number of benzene rings is 1. The van der Waals surface area contributed by atoms with Crippen LogP contribution < -0.4 is 14.8 Å². The molecule has 1 aliphatic carbocycles. The third-order valence-corrected chi connectivity index (χ3v) is 4.73. The van der Waals surface area contributed by atoms with E-state index in [0.29, 0.717) is 22.2 Å². The van der Waals surface area contributed by atoms with Crippen molar-refractivity contribution in [2.75, 3.05) is 19.5 Å². The van der Waals surface area contributed by atoms with Gasteiger partial charge in [0, 0.05) is 6.07 Å². The molecule has 23 heavy (non-hydrogen) atoms. The first kappa shape index (κ1) is 17.7. The molecule has 1 aromatic carbocycles. The molecule has 126 valence electrons. The van der Waals surface area contributed by atoms with Crippen molar-refractivity contribution in [3.05, 3.63) is 28.8 Å². The predicted octanol–water partition coefficient (Wildman–Crippen LogP) is 4.53. The third-order valence-electron chi connectivity index (χ3n) is 4.44. The highest BCUT2D eigenvalue weighted by Crippen LogP contribution is 2.59. The zero-order valence-corrected chi connectivity index (χ0v) is 15.2. The van der Waals surface area contributed by atoms with Crippen LogP contribution in [-0.4, -0.2) is 20.1 Å². The number of hydrogen-bond acceptors (Lipinski definition) is 3. The quantitative estimate of drug-likeness (QED) is 0.803. The number of halogens is 1. The molecule has 1 amide bonds. The molecule has 0 saturated heterocycles. The zero-order chi connectivity index (χ0) is 17.4. The molecule has 1 aliphatic rings. The van der Waals surface area contributed by atoms with Crippen LogP contribution in [0.5, 0.6) is 11.5 Å². The summed E-state index contributed by atoms with van der Waals surface area (Å²) in [6.07, 6.45) is 2.17. The van der Waals surface area contributed by atoms with E-state index in [4.69, 9.17) is 21.1 Å². The Hall–Kier alpha value is -1.68. The van der Waals surface area contributed by atoms with Crippen molar-refractivity contribution in [3.63, 3.8) is 0 Å². The molecule has 0 spiro atoms. The van der Waals surface area contributed by atoms with Crippen molar-refractivity contribution in [1.29, 1.82) is 0 Å². The van der Waals surface area contributed by atoms with Crippen LogP contribution in [0.25, 0.3) is 0 Å². The molecule has 0 aliphatic heterocycles. The van der Waals surface area contributed by atoms with Crippen molar-refractivity contribution in [3.8, 4) is 11.5 Å². The summed E-state index contributed by atoms with van der Waals surface area (Å²) >= 11 is 6.15. The molecule has 0 bridgehead atoms. The van der Waals surface area contributed by atoms with Crippen LogP contribution in [0.4, 0.5) is 5.69 Å². The molecular formula is C18H24ClNO3. The van der Waals surface area contributed by atoms with Gasteiger partial charge in [-0.05, 0) is 31.2 Å². The Morgan fingerprint density at radius 1 is 1.22 bits per heavy atom. The van der Waals surface area contributed by atoms with Gasteiger partial charge in [-0.3, -0.25) is 4.79 Å². The Bertz CT molecular complexity index is 648. The summed E-state index contributed by atoms with van der Waals surface area (Å²) in [6.45, 7) is 8.32. The Labute approximate surface area is 142 Å². The number of allylic oxidation sites excluding steroid dienone is 2. The van der Waals surface area contributed by atoms with E-state index >= 15 is 0 Å². The minimum absolute atomic E-state index is 0.0166. The maximum absolute atomic E-state index is 12.6. The Morgan fingerprint density at radius 2 is 1.83 bits per heavy atom. The number of anilines is 1. The number of nitrogens with one attached hydrogen (secondary N) is 1. The molecule has 1 aromatic rings. The topological polar surface area (TPSA) is 47.6 Å². The van der Waals surface area contributed by atoms with Crippen molar-refractivity contribution in [2.24, 2.45) is 17.3 Å². The number of amides is 1. The van der Waals surface area contributed by atoms with E-state index in [2.05, 4.69) is 39.1 Å². The molecule has 0 heterocycles. The van der Waals surface area contributed by atoms with Crippen LogP contribution in [0.3, 0.4) is 0 Å². The highest BCUT2D eigenvalue weighted by Gasteiger charge is 2.60. The highest BCUT2D eigenvalue weighted by atomic mass is 35.5. The second-order valence-corrected chi connectivity index (χ2v) is 7.15. The first-order chi connectivity index (χ1) is 10.7. The van der Waals surface area contributed by atoms with Gasteiger partial charge in [-0.1, -0.05) is 37.1 Å². The summed E-state index contributed by atoms with van der Waals surface area (Å²) in [5.41, 5.74) is 1.75. The van der Waals surface area contributed by atoms with Crippen molar-refractivity contribution in [1.82, 2.24) is 0 Å². The summed E-state index contributed by atoms with van der Waals surface area (Å²) in [7, 11) is 3.08. The summed E-state index contributed by atoms with van der Waals surface area (Å²) in [6, 6.07) is 3.33. The van der Waals surface area contributed by atoms with Crippen LogP contribution in [0.2, 0.25) is 5.02 Å². The standard InChI is InChI=1S/C18H24ClNO3/c1-10(2)7-11-16(18(11,3)4)17(21)20-13-8-12(19)14(22-5)9-15(13)23-6/h7-9,11,16H,1-6H3,(H,20,21)/t11-,16-/m1/s1. The molecule has 1 saturated carbocycles. The van der Waals surface area contributed by atoms with Gasteiger partial charge in [0.25, 0.3) is 0 Å². The van der Waals surface area contributed by atoms with Gasteiger partial charge >= 0.3 is 0 Å². The SMILES string of the molecule is COc1cc(OC)c(NC(=O)[C@H]2[C@@H](C=C(C)C)C2(C)C)cc1Cl. The summed E-state index contributed by atoms with van der Waals surface area (Å²) in [5.74, 6) is 1.22. The minimum Gasteiger partial charge on any atom is -0.495 e. The second-order valence-electron chi connectivity index (χ2n) is 6.75. The molecule has 0 aromatic heterocycles. The van der Waals surface area contributed by atoms with Gasteiger partial charge in [-0.25, -0.2) is 0 Å². The molecule has 2 rings (SSSR count). The smallest absolute Gasteiger partial charge is 0.228 e. The molecule has 0 unspecified atom stereocenters. The number of carbonyl (C=O) groups excluding carboxylic acids is 1. The number of ether oxygens (including phenoxy) is 2. The molecule has 1 fully saturated rings. The molecule has 5 heteroatoms. The van der Waals surface area contributed by atoms with Crippen LogP contribution in [0, 0.1) is 17.3 Å². The highest BCUT2D eigenvalue weighted by molar-refractivity contribution is 6.32. The molecule has 2 atom stereocenters. The van der Waals surface area contributed by atoms with E-state index in [-0.39, 0.29) is 23.2 Å². The average Bonchev–Trinajstić information content (AvgIpc) is 2.99. The maximum Gasteiger partial charge on any atom is 0.228 e. The van der Waals surface area contributed by atoms with Gasteiger partial charge in [0.2, 0.25) is 5.91 Å². The average molecular weight is 338 g/mol. The fraction of sp³-hybridized carbons (Fsp3) is 0.500. The Balaban J connectivity index is 2.21. The number of methoxy groups -OCH3 is 2. The Morgan fingerprint density at radius 3 is 2.35 bits per heavy atom. The van der Waals surface area contributed by atoms with Crippen molar-refractivity contribution < 1.29 is 14.3 Å². The van der Waals surface area contributed by atoms with E-state index < -0.39 is 0 Å². The molecular weight excluding hydrogens is 314 g/mol. The summed E-state index contributed by atoms with van der Waals surface area (Å²) in [4.78, 5) is 12.6. The molecule has 0 radical (unpaired) electrons. The number of hydrogen-bond donors (Lipinski definition) is 1. The lowest BCUT2D eigenvalue weighted by atomic mass is 10.1. The van der Waals surface area contributed by atoms with Gasteiger partial charge in [0.15, 0.2) is 0 Å². The van der Waals surface area contributed by atoms with Gasteiger partial charge in [0.1, 0.15) is 11.5 Å². The first-order valence-corrected chi connectivity index (χ1v) is 7.97. The summed E-state index contributed by atoms with van der Waals surface area (Å²) in [5, 5.41) is 3.37. The molecule has 4 nitrogen and oxygen atoms in total. The van der Waals surface area contributed by atoms with Crippen molar-refractivity contribution in [2.45, 2.75) is 27.7 Å². The van der Waals surface area contributed by atoms with E-state index in [0.717, 1.165) is 0 Å². The second kappa shape index (κ2) is 6.44. The normalized spacial score (nSPS) is 21.3. The van der Waals surface area contributed by atoms with Crippen LogP contribution in [-0.2, 0) is 4.79 Å². The van der Waals surface area contributed by atoms with Crippen LogP contribution in [0.15, 0.2) is 23.8 Å². The van der Waals surface area contributed by atoms with Gasteiger partial charge < -0.3 is 14.8 Å². The van der Waals surface area contributed by atoms with E-state index in [1.54, 1.807) is 19.2 Å². The largest absolute Gasteiger partial charge is 0.495 e. The number of carbonyl (C=O) groups is 1. The van der Waals surface area contributed by atoms with Gasteiger partial charge in [0.05, 0.1) is 30.8 Å². The zero-order valence-electron chi connectivity index (χ0n) is 14.5. The van der Waals surface area contributed by atoms with Crippen LogP contribution >= 0.6 is 11.6 Å². The van der Waals surface area contributed by atoms with Crippen LogP contribution in [0.1, 0.15) is 27.7 Å². The number of rotatable bonds is 5. The lowest BCUT2D eigenvalue weighted by Crippen LogP contribution is -2.17. The fourth-order valence-corrected chi connectivity index (χ4v) is 3.26. The van der Waals surface area contributed by atoms with Crippen molar-refractivity contribution >= 4 is 23.2 Å². The van der Waals surface area contributed by atoms with Gasteiger partial charge in [-0.2, -0.15) is 0 Å². The monoisotopic (exact) mass is 337 g/mol. The predicted molar refractivity (Wildman–Crippen MR) is 93.4 cm³/mol. The third kappa shape index (κ3) is 3.47.